The number of halogens is 1. The Morgan fingerprint density at radius 2 is 2.18 bits per heavy atom. The molecule has 4 nitrogen and oxygen atoms in total. The molecule has 2 amide bonds. The van der Waals surface area contributed by atoms with E-state index in [4.69, 9.17) is 5.73 Å². The summed E-state index contributed by atoms with van der Waals surface area (Å²) in [5.74, 6) is -1.18. The molecule has 0 bridgehead atoms. The van der Waals surface area contributed by atoms with Crippen LogP contribution in [-0.4, -0.2) is 17.9 Å². The van der Waals surface area contributed by atoms with E-state index in [1.807, 2.05) is 0 Å². The summed E-state index contributed by atoms with van der Waals surface area (Å²) in [6.45, 7) is 1.52. The highest BCUT2D eigenvalue weighted by Gasteiger charge is 2.11. The molecule has 0 unspecified atom stereocenters. The first-order valence-corrected chi connectivity index (χ1v) is 5.32. The van der Waals surface area contributed by atoms with Crippen molar-refractivity contribution in [3.63, 3.8) is 0 Å². The molecule has 5 heteroatoms. The fourth-order valence-corrected chi connectivity index (χ4v) is 1.34. The maximum atomic E-state index is 12.8. The minimum absolute atomic E-state index is 0.196. The SMILES string of the molecule is C[C@H](NC(=O)CCc1cccc(F)c1)C(N)=O. The number of amides is 2. The van der Waals surface area contributed by atoms with Crippen LogP contribution in [0, 0.1) is 5.82 Å². The Hall–Kier alpha value is -1.91. The van der Waals surface area contributed by atoms with Crippen LogP contribution in [0.1, 0.15) is 18.9 Å². The van der Waals surface area contributed by atoms with Crippen LogP contribution in [0.3, 0.4) is 0 Å². The molecule has 92 valence electrons. The van der Waals surface area contributed by atoms with Crippen LogP contribution in [-0.2, 0) is 16.0 Å². The van der Waals surface area contributed by atoms with E-state index in [2.05, 4.69) is 5.32 Å². The highest BCUT2D eigenvalue weighted by Crippen LogP contribution is 2.06. The maximum absolute atomic E-state index is 12.8. The minimum Gasteiger partial charge on any atom is -0.368 e. The topological polar surface area (TPSA) is 72.2 Å². The molecular formula is C12H15FN2O2. The number of carbonyl (C=O) groups excluding carboxylic acids is 2. The summed E-state index contributed by atoms with van der Waals surface area (Å²) in [4.78, 5) is 22.1. The molecule has 0 saturated carbocycles. The van der Waals surface area contributed by atoms with Crippen LogP contribution < -0.4 is 11.1 Å². The van der Waals surface area contributed by atoms with Crippen LogP contribution in [0.2, 0.25) is 0 Å². The van der Waals surface area contributed by atoms with Gasteiger partial charge in [-0.3, -0.25) is 9.59 Å². The molecule has 1 aromatic rings. The molecule has 0 radical (unpaired) electrons. The predicted octanol–water partition coefficient (Wildman–Crippen LogP) is 0.748. The van der Waals surface area contributed by atoms with Gasteiger partial charge in [-0.2, -0.15) is 0 Å². The number of nitrogens with one attached hydrogen (secondary N) is 1. The third-order valence-electron chi connectivity index (χ3n) is 2.33. The molecule has 0 fully saturated rings. The lowest BCUT2D eigenvalue weighted by atomic mass is 10.1. The first kappa shape index (κ1) is 13.2. The molecule has 1 aromatic carbocycles. The molecule has 0 aromatic heterocycles. The van der Waals surface area contributed by atoms with Crippen molar-refractivity contribution in [3.8, 4) is 0 Å². The summed E-state index contributed by atoms with van der Waals surface area (Å²) in [5, 5.41) is 2.46. The lowest BCUT2D eigenvalue weighted by molar-refractivity contribution is -0.126. The summed E-state index contributed by atoms with van der Waals surface area (Å²) < 4.78 is 12.8. The van der Waals surface area contributed by atoms with Crippen molar-refractivity contribution in [2.24, 2.45) is 5.73 Å². The second kappa shape index (κ2) is 5.98. The Balaban J connectivity index is 2.41. The van der Waals surface area contributed by atoms with Gasteiger partial charge in [0.15, 0.2) is 0 Å². The average molecular weight is 238 g/mol. The largest absolute Gasteiger partial charge is 0.368 e. The van der Waals surface area contributed by atoms with E-state index >= 15 is 0 Å². The molecule has 1 atom stereocenters. The zero-order valence-corrected chi connectivity index (χ0v) is 9.57. The normalized spacial score (nSPS) is 11.9. The van der Waals surface area contributed by atoms with Gasteiger partial charge in [0.2, 0.25) is 11.8 Å². The Bertz CT molecular complexity index is 421. The third-order valence-corrected chi connectivity index (χ3v) is 2.33. The van der Waals surface area contributed by atoms with Crippen molar-refractivity contribution < 1.29 is 14.0 Å². The van der Waals surface area contributed by atoms with Crippen LogP contribution >= 0.6 is 0 Å². The second-order valence-corrected chi connectivity index (χ2v) is 3.82. The Kier molecular flexibility index (Phi) is 4.63. The lowest BCUT2D eigenvalue weighted by Crippen LogP contribution is -2.42. The molecule has 0 aliphatic heterocycles. The smallest absolute Gasteiger partial charge is 0.239 e. The van der Waals surface area contributed by atoms with Gasteiger partial charge in [0.1, 0.15) is 11.9 Å². The Labute approximate surface area is 99.0 Å². The number of primary amides is 1. The fraction of sp³-hybridized carbons (Fsp3) is 0.333. The Morgan fingerprint density at radius 3 is 2.76 bits per heavy atom. The van der Waals surface area contributed by atoms with E-state index in [1.165, 1.54) is 19.1 Å². The molecule has 0 spiro atoms. The van der Waals surface area contributed by atoms with Gasteiger partial charge in [0.25, 0.3) is 0 Å². The van der Waals surface area contributed by atoms with Crippen molar-refractivity contribution in [1.82, 2.24) is 5.32 Å². The van der Waals surface area contributed by atoms with Gasteiger partial charge in [0, 0.05) is 6.42 Å². The number of nitrogens with two attached hydrogens (primary N) is 1. The average Bonchev–Trinajstić information content (AvgIpc) is 2.26. The van der Waals surface area contributed by atoms with Crippen molar-refractivity contribution in [2.45, 2.75) is 25.8 Å². The van der Waals surface area contributed by atoms with Gasteiger partial charge in [-0.25, -0.2) is 4.39 Å². The quantitative estimate of drug-likeness (QED) is 0.794. The number of hydrogen-bond donors (Lipinski definition) is 2. The molecule has 17 heavy (non-hydrogen) atoms. The summed E-state index contributed by atoms with van der Waals surface area (Å²) in [6.07, 6.45) is 0.621. The first-order chi connectivity index (χ1) is 7.99. The monoisotopic (exact) mass is 238 g/mol. The van der Waals surface area contributed by atoms with Gasteiger partial charge in [0.05, 0.1) is 0 Å². The van der Waals surface area contributed by atoms with E-state index in [0.717, 1.165) is 5.56 Å². The van der Waals surface area contributed by atoms with Crippen LogP contribution in [0.15, 0.2) is 24.3 Å². The van der Waals surface area contributed by atoms with Gasteiger partial charge in [-0.15, -0.1) is 0 Å². The number of benzene rings is 1. The van der Waals surface area contributed by atoms with Crippen LogP contribution in [0.5, 0.6) is 0 Å². The van der Waals surface area contributed by atoms with E-state index in [1.54, 1.807) is 12.1 Å². The zero-order valence-electron chi connectivity index (χ0n) is 9.57. The van der Waals surface area contributed by atoms with Gasteiger partial charge >= 0.3 is 0 Å². The molecular weight excluding hydrogens is 223 g/mol. The van der Waals surface area contributed by atoms with Crippen molar-refractivity contribution >= 4 is 11.8 Å². The number of hydrogen-bond acceptors (Lipinski definition) is 2. The first-order valence-electron chi connectivity index (χ1n) is 5.32. The van der Waals surface area contributed by atoms with Crippen molar-refractivity contribution in [3.05, 3.63) is 35.6 Å². The fourth-order valence-electron chi connectivity index (χ4n) is 1.34. The van der Waals surface area contributed by atoms with E-state index in [9.17, 15) is 14.0 Å². The number of aryl methyl sites for hydroxylation is 1. The minimum atomic E-state index is -0.685. The standard InChI is InChI=1S/C12H15FN2O2/c1-8(12(14)17)15-11(16)6-5-9-3-2-4-10(13)7-9/h2-4,7-8H,5-6H2,1H3,(H2,14,17)(H,15,16)/t8-/m0/s1. The summed E-state index contributed by atoms with van der Waals surface area (Å²) >= 11 is 0. The molecule has 0 heterocycles. The third kappa shape index (κ3) is 4.63. The molecule has 0 saturated heterocycles. The van der Waals surface area contributed by atoms with Crippen LogP contribution in [0.4, 0.5) is 4.39 Å². The van der Waals surface area contributed by atoms with E-state index in [-0.39, 0.29) is 18.1 Å². The molecule has 0 aliphatic carbocycles. The number of rotatable bonds is 5. The Morgan fingerprint density at radius 1 is 1.47 bits per heavy atom. The van der Waals surface area contributed by atoms with Gasteiger partial charge in [-0.1, -0.05) is 12.1 Å². The zero-order chi connectivity index (χ0) is 12.8. The lowest BCUT2D eigenvalue weighted by Gasteiger charge is -2.09. The second-order valence-electron chi connectivity index (χ2n) is 3.82. The van der Waals surface area contributed by atoms with Crippen LogP contribution in [0.25, 0.3) is 0 Å². The molecule has 0 aliphatic rings. The molecule has 1 rings (SSSR count). The van der Waals surface area contributed by atoms with E-state index in [0.29, 0.717) is 6.42 Å². The summed E-state index contributed by atoms with van der Waals surface area (Å²) in [5.41, 5.74) is 5.75. The maximum Gasteiger partial charge on any atom is 0.239 e. The number of carbonyl (C=O) groups is 2. The summed E-state index contributed by atoms with van der Waals surface area (Å²) in [6, 6.07) is 5.38. The highest BCUT2D eigenvalue weighted by molar-refractivity contribution is 5.86. The van der Waals surface area contributed by atoms with Gasteiger partial charge in [-0.05, 0) is 31.0 Å². The van der Waals surface area contributed by atoms with Crippen molar-refractivity contribution in [2.75, 3.05) is 0 Å². The van der Waals surface area contributed by atoms with E-state index < -0.39 is 11.9 Å². The highest BCUT2D eigenvalue weighted by atomic mass is 19.1. The summed E-state index contributed by atoms with van der Waals surface area (Å²) in [7, 11) is 0. The van der Waals surface area contributed by atoms with Crippen molar-refractivity contribution in [1.29, 1.82) is 0 Å². The predicted molar refractivity (Wildman–Crippen MR) is 61.5 cm³/mol. The molecule has 3 N–H and O–H groups in total. The van der Waals surface area contributed by atoms with Gasteiger partial charge < -0.3 is 11.1 Å².